The fraction of sp³-hybridized carbons (Fsp3) is 0.818. The Kier molecular flexibility index (Phi) is 9.77. The van der Waals surface area contributed by atoms with Gasteiger partial charge in [-0.25, -0.2) is 4.79 Å². The van der Waals surface area contributed by atoms with Gasteiger partial charge in [-0.2, -0.15) is 0 Å². The molecule has 1 rings (SSSR count). The quantitative estimate of drug-likeness (QED) is 0.449. The van der Waals surface area contributed by atoms with E-state index >= 15 is 0 Å². The molecule has 1 aliphatic carbocycles. The van der Waals surface area contributed by atoms with Gasteiger partial charge >= 0.3 is 24.0 Å². The van der Waals surface area contributed by atoms with Gasteiger partial charge in [-0.1, -0.05) is 13.8 Å². The van der Waals surface area contributed by atoms with Crippen LogP contribution in [0.15, 0.2) is 0 Å². The molecule has 0 bridgehead atoms. The minimum atomic E-state index is -0.921. The number of esters is 3. The lowest BCUT2D eigenvalue weighted by molar-refractivity contribution is -0.167. The highest BCUT2D eigenvalue weighted by molar-refractivity contribution is 5.76. The minimum Gasteiger partial charge on any atom is -0.469 e. The summed E-state index contributed by atoms with van der Waals surface area (Å²) in [7, 11) is 1.25. The van der Waals surface area contributed by atoms with E-state index in [-0.39, 0.29) is 12.3 Å². The fourth-order valence-corrected chi connectivity index (χ4v) is 4.26. The maximum absolute atomic E-state index is 12.5. The molecule has 1 amide bonds. The molecule has 1 fully saturated rings. The Hall–Kier alpha value is -2.32. The van der Waals surface area contributed by atoms with Crippen LogP contribution in [0.25, 0.3) is 0 Å². The maximum atomic E-state index is 12.5. The molecule has 9 nitrogen and oxygen atoms in total. The third-order valence-electron chi connectivity index (χ3n) is 5.45. The van der Waals surface area contributed by atoms with Gasteiger partial charge in [0, 0.05) is 19.9 Å². The van der Waals surface area contributed by atoms with Gasteiger partial charge in [0.05, 0.1) is 18.9 Å². The Bertz CT molecular complexity index is 652. The van der Waals surface area contributed by atoms with E-state index in [1.54, 1.807) is 20.8 Å². The zero-order valence-corrected chi connectivity index (χ0v) is 19.9. The Balaban J connectivity index is 3.43. The Morgan fingerprint density at radius 3 is 2.03 bits per heavy atom. The second-order valence-corrected chi connectivity index (χ2v) is 8.92. The SMILES string of the molecule is CCC(CC)[C@H](OC(C)=O)[C@@H]1[C@H](OC(C)=O)[C@@H](C(=O)OC)C[C@H]1NC(=O)OC(C)(C)C. The maximum Gasteiger partial charge on any atom is 0.407 e. The monoisotopic (exact) mass is 443 g/mol. The van der Waals surface area contributed by atoms with E-state index in [2.05, 4.69) is 5.32 Å². The second-order valence-electron chi connectivity index (χ2n) is 8.92. The van der Waals surface area contributed by atoms with Crippen molar-refractivity contribution in [3.05, 3.63) is 0 Å². The standard InChI is InChI=1S/C22H37NO8/c1-9-14(10-2)18(29-12(3)24)17-16(23-21(27)31-22(5,6)7)11-15(20(26)28-8)19(17)30-13(4)25/h14-19H,9-11H2,1-8H3,(H,23,27)/t15-,16+,17+,18-,19+/m0/s1. The minimum absolute atomic E-state index is 0.0636. The normalized spacial score (nSPS) is 24.3. The molecule has 0 heterocycles. The smallest absolute Gasteiger partial charge is 0.407 e. The van der Waals surface area contributed by atoms with Crippen LogP contribution >= 0.6 is 0 Å². The number of ether oxygens (including phenoxy) is 4. The first-order valence-corrected chi connectivity index (χ1v) is 10.8. The molecule has 0 aromatic rings. The molecule has 9 heteroatoms. The molecule has 0 unspecified atom stereocenters. The predicted molar refractivity (Wildman–Crippen MR) is 112 cm³/mol. The number of amides is 1. The molecule has 0 aliphatic heterocycles. The van der Waals surface area contributed by atoms with Gasteiger partial charge in [0.15, 0.2) is 0 Å². The van der Waals surface area contributed by atoms with Crippen LogP contribution in [-0.2, 0) is 33.3 Å². The Labute approximate surface area is 184 Å². The second kappa shape index (κ2) is 11.3. The van der Waals surface area contributed by atoms with Crippen molar-refractivity contribution in [3.8, 4) is 0 Å². The van der Waals surface area contributed by atoms with E-state index in [0.29, 0.717) is 12.8 Å². The van der Waals surface area contributed by atoms with Crippen molar-refractivity contribution in [2.45, 2.75) is 91.6 Å². The molecule has 5 atom stereocenters. The Morgan fingerprint density at radius 2 is 1.61 bits per heavy atom. The number of nitrogens with one attached hydrogen (secondary N) is 1. The lowest BCUT2D eigenvalue weighted by Crippen LogP contribution is -2.50. The average molecular weight is 444 g/mol. The third kappa shape index (κ3) is 7.70. The zero-order valence-electron chi connectivity index (χ0n) is 19.9. The van der Waals surface area contributed by atoms with Gasteiger partial charge < -0.3 is 24.3 Å². The van der Waals surface area contributed by atoms with Crippen LogP contribution in [0, 0.1) is 17.8 Å². The van der Waals surface area contributed by atoms with Gasteiger partial charge in [-0.15, -0.1) is 0 Å². The predicted octanol–water partition coefficient (Wildman–Crippen LogP) is 2.99. The van der Waals surface area contributed by atoms with E-state index in [4.69, 9.17) is 18.9 Å². The number of hydrogen-bond donors (Lipinski definition) is 1. The first kappa shape index (κ1) is 26.7. The molecule has 0 spiro atoms. The van der Waals surface area contributed by atoms with Crippen LogP contribution in [0.4, 0.5) is 4.79 Å². The highest BCUT2D eigenvalue weighted by Crippen LogP contribution is 2.41. The van der Waals surface area contributed by atoms with E-state index in [1.807, 2.05) is 13.8 Å². The lowest BCUT2D eigenvalue weighted by Gasteiger charge is -2.36. The summed E-state index contributed by atoms with van der Waals surface area (Å²) in [6.45, 7) is 11.7. The zero-order chi connectivity index (χ0) is 23.9. The highest BCUT2D eigenvalue weighted by Gasteiger charge is 2.55. The number of rotatable bonds is 8. The molecule has 1 aliphatic rings. The van der Waals surface area contributed by atoms with Crippen molar-refractivity contribution in [2.75, 3.05) is 7.11 Å². The summed E-state index contributed by atoms with van der Waals surface area (Å²) in [4.78, 5) is 48.8. The Morgan fingerprint density at radius 1 is 1.03 bits per heavy atom. The summed E-state index contributed by atoms with van der Waals surface area (Å²) in [5.41, 5.74) is -0.722. The average Bonchev–Trinajstić information content (AvgIpc) is 2.96. The van der Waals surface area contributed by atoms with Gasteiger partial charge in [-0.05, 0) is 46.0 Å². The van der Waals surface area contributed by atoms with Gasteiger partial charge in [0.1, 0.15) is 17.8 Å². The van der Waals surface area contributed by atoms with Crippen LogP contribution in [0.3, 0.4) is 0 Å². The summed E-state index contributed by atoms with van der Waals surface area (Å²) >= 11 is 0. The van der Waals surface area contributed by atoms with Crippen LogP contribution in [0.2, 0.25) is 0 Å². The lowest BCUT2D eigenvalue weighted by atomic mass is 9.82. The highest BCUT2D eigenvalue weighted by atomic mass is 16.6. The molecular weight excluding hydrogens is 406 g/mol. The molecule has 0 radical (unpaired) electrons. The summed E-state index contributed by atoms with van der Waals surface area (Å²) in [6.07, 6.45) is -0.714. The van der Waals surface area contributed by atoms with Crippen molar-refractivity contribution in [2.24, 2.45) is 17.8 Å². The molecule has 31 heavy (non-hydrogen) atoms. The van der Waals surface area contributed by atoms with Crippen molar-refractivity contribution in [1.82, 2.24) is 5.32 Å². The molecule has 0 aromatic heterocycles. The molecule has 1 N–H and O–H groups in total. The summed E-state index contributed by atoms with van der Waals surface area (Å²) in [6, 6.07) is -0.631. The number of methoxy groups -OCH3 is 1. The van der Waals surface area contributed by atoms with Crippen LogP contribution in [0.5, 0.6) is 0 Å². The van der Waals surface area contributed by atoms with Crippen molar-refractivity contribution >= 4 is 24.0 Å². The van der Waals surface area contributed by atoms with Crippen molar-refractivity contribution in [3.63, 3.8) is 0 Å². The largest absolute Gasteiger partial charge is 0.469 e. The number of alkyl carbamates (subject to hydrolysis) is 1. The first-order valence-electron chi connectivity index (χ1n) is 10.8. The summed E-state index contributed by atoms with van der Waals surface area (Å²) in [5, 5.41) is 2.80. The van der Waals surface area contributed by atoms with E-state index in [1.165, 1.54) is 21.0 Å². The van der Waals surface area contributed by atoms with Crippen LogP contribution in [0.1, 0.15) is 67.7 Å². The van der Waals surface area contributed by atoms with Crippen molar-refractivity contribution < 1.29 is 38.1 Å². The molecule has 0 aromatic carbocycles. The number of hydrogen-bond acceptors (Lipinski definition) is 8. The molecule has 0 saturated heterocycles. The van der Waals surface area contributed by atoms with Gasteiger partial charge in [-0.3, -0.25) is 14.4 Å². The van der Waals surface area contributed by atoms with Crippen molar-refractivity contribution in [1.29, 1.82) is 0 Å². The van der Waals surface area contributed by atoms with Gasteiger partial charge in [0.25, 0.3) is 0 Å². The first-order chi connectivity index (χ1) is 14.3. The summed E-state index contributed by atoms with van der Waals surface area (Å²) < 4.78 is 21.5. The number of carbonyl (C=O) groups excluding carboxylic acids is 4. The molecule has 1 saturated carbocycles. The van der Waals surface area contributed by atoms with Crippen LogP contribution in [-0.4, -0.2) is 55.0 Å². The number of carbonyl (C=O) groups is 4. The third-order valence-corrected chi connectivity index (χ3v) is 5.45. The van der Waals surface area contributed by atoms with E-state index in [0.717, 1.165) is 0 Å². The fourth-order valence-electron chi connectivity index (χ4n) is 4.26. The van der Waals surface area contributed by atoms with E-state index < -0.39 is 59.7 Å². The summed E-state index contributed by atoms with van der Waals surface area (Å²) in [5.74, 6) is -3.15. The van der Waals surface area contributed by atoms with Crippen LogP contribution < -0.4 is 5.32 Å². The molecular formula is C22H37NO8. The topological polar surface area (TPSA) is 117 Å². The molecule has 178 valence electrons. The van der Waals surface area contributed by atoms with E-state index in [9.17, 15) is 19.2 Å². The van der Waals surface area contributed by atoms with Gasteiger partial charge in [0.2, 0.25) is 0 Å².